The molecule has 3 aromatic rings. The number of hydrogen-bond donors (Lipinski definition) is 2. The average Bonchev–Trinajstić information content (AvgIpc) is 3.29. The van der Waals surface area contributed by atoms with E-state index in [-0.39, 0.29) is 12.0 Å². The monoisotopic (exact) mass is 416 g/mol. The number of allylic oxidation sites excluding steroid dienone is 1. The van der Waals surface area contributed by atoms with Gasteiger partial charge in [-0.3, -0.25) is 4.79 Å². The molecule has 1 unspecified atom stereocenters. The van der Waals surface area contributed by atoms with Gasteiger partial charge in [0.1, 0.15) is 23.6 Å². The number of fused-ring (bicyclic) bond motifs is 1. The number of rotatable bonds is 5. The molecule has 2 heterocycles. The molecule has 1 aliphatic rings. The molecule has 1 aromatic heterocycles. The summed E-state index contributed by atoms with van der Waals surface area (Å²) < 4.78 is 7.81. The van der Waals surface area contributed by atoms with Crippen LogP contribution in [0.15, 0.2) is 54.3 Å². The van der Waals surface area contributed by atoms with Crippen molar-refractivity contribution in [2.24, 2.45) is 7.05 Å². The highest BCUT2D eigenvalue weighted by atomic mass is 16.7. The van der Waals surface area contributed by atoms with E-state index in [0.717, 1.165) is 27.9 Å². The van der Waals surface area contributed by atoms with Crippen molar-refractivity contribution in [3.63, 3.8) is 0 Å². The van der Waals surface area contributed by atoms with Crippen LogP contribution in [0.25, 0.3) is 22.2 Å². The lowest BCUT2D eigenvalue weighted by atomic mass is 10.1. The third-order valence-corrected chi connectivity index (χ3v) is 5.11. The Bertz CT molecular complexity index is 1220. The van der Waals surface area contributed by atoms with Crippen molar-refractivity contribution >= 4 is 22.5 Å². The van der Waals surface area contributed by atoms with Crippen LogP contribution < -0.4 is 15.5 Å². The molecule has 7 heteroatoms. The summed E-state index contributed by atoms with van der Waals surface area (Å²) in [6.45, 7) is 5.74. The third kappa shape index (κ3) is 3.98. The van der Waals surface area contributed by atoms with Gasteiger partial charge in [-0.25, -0.2) is 0 Å². The molecule has 158 valence electrons. The Morgan fingerprint density at radius 1 is 1.26 bits per heavy atom. The maximum absolute atomic E-state index is 12.3. The minimum Gasteiger partial charge on any atom is -0.491 e. The lowest BCUT2D eigenvalue weighted by Crippen LogP contribution is -2.35. The number of hydrogen-bond acceptors (Lipinski definition) is 5. The zero-order valence-electron chi connectivity index (χ0n) is 17.9. The molecule has 7 nitrogen and oxygen atoms in total. The Morgan fingerprint density at radius 3 is 2.61 bits per heavy atom. The molecular formula is C24H24N4O3. The summed E-state index contributed by atoms with van der Waals surface area (Å²) in [5, 5.41) is 13.6. The Labute approximate surface area is 180 Å². The van der Waals surface area contributed by atoms with Gasteiger partial charge < -0.3 is 19.5 Å². The zero-order chi connectivity index (χ0) is 22.1. The average molecular weight is 416 g/mol. The molecule has 0 saturated heterocycles. The number of nitriles is 1. The molecule has 1 atom stereocenters. The highest BCUT2D eigenvalue weighted by Gasteiger charge is 2.22. The number of amides is 1. The lowest BCUT2D eigenvalue weighted by Gasteiger charge is -2.11. The van der Waals surface area contributed by atoms with E-state index in [4.69, 9.17) is 9.57 Å². The zero-order valence-corrected chi connectivity index (χ0v) is 17.9. The summed E-state index contributed by atoms with van der Waals surface area (Å²) in [6.07, 6.45) is 1.79. The molecule has 0 fully saturated rings. The number of ether oxygens (including phenoxy) is 1. The third-order valence-electron chi connectivity index (χ3n) is 5.11. The number of nitrogens with zero attached hydrogens (tertiary/aromatic N) is 2. The number of aryl methyl sites for hydroxylation is 1. The minimum atomic E-state index is -0.523. The number of carbonyl (C=O) groups excluding carboxylic acids is 1. The van der Waals surface area contributed by atoms with Gasteiger partial charge in [0, 0.05) is 24.2 Å². The van der Waals surface area contributed by atoms with Crippen molar-refractivity contribution in [2.75, 3.05) is 5.32 Å². The topological polar surface area (TPSA) is 88.3 Å². The molecule has 2 N–H and O–H groups in total. The summed E-state index contributed by atoms with van der Waals surface area (Å²) in [5.74, 6) is 1.23. The minimum absolute atomic E-state index is 0.0702. The Hall–Kier alpha value is -3.76. The first-order valence-corrected chi connectivity index (χ1v) is 10.1. The Balaban J connectivity index is 1.64. The lowest BCUT2D eigenvalue weighted by molar-refractivity contribution is -0.118. The molecule has 2 aromatic carbocycles. The van der Waals surface area contributed by atoms with Crippen molar-refractivity contribution in [2.45, 2.75) is 32.9 Å². The van der Waals surface area contributed by atoms with Crippen LogP contribution in [0, 0.1) is 11.3 Å². The van der Waals surface area contributed by atoms with E-state index >= 15 is 0 Å². The predicted molar refractivity (Wildman–Crippen MR) is 119 cm³/mol. The molecule has 1 aliphatic heterocycles. The predicted octanol–water partition coefficient (Wildman–Crippen LogP) is 4.25. The highest BCUT2D eigenvalue weighted by Crippen LogP contribution is 2.35. The van der Waals surface area contributed by atoms with Crippen LogP contribution in [0.4, 0.5) is 5.69 Å². The molecule has 0 aliphatic carbocycles. The first kappa shape index (κ1) is 20.5. The van der Waals surface area contributed by atoms with Gasteiger partial charge >= 0.3 is 0 Å². The number of hydroxylamine groups is 1. The van der Waals surface area contributed by atoms with Crippen LogP contribution in [-0.4, -0.2) is 22.6 Å². The van der Waals surface area contributed by atoms with Crippen molar-refractivity contribution in [3.05, 3.63) is 59.9 Å². The second kappa shape index (κ2) is 8.17. The number of nitrogens with one attached hydrogen (secondary N) is 2. The quantitative estimate of drug-likeness (QED) is 0.649. The van der Waals surface area contributed by atoms with E-state index in [1.54, 1.807) is 13.0 Å². The fourth-order valence-corrected chi connectivity index (χ4v) is 3.73. The van der Waals surface area contributed by atoms with Gasteiger partial charge in [-0.1, -0.05) is 12.1 Å². The standard InChI is InChI=1S/C24H24N4O3/c1-14(2)30-18-9-10-19-20(13-25)23(28(4)22(19)12-18)16-5-7-17(8-6-16)26-24(29)21-11-15(3)31-27-21/h5-12,14,21,27H,1-4H3,(H,26,29). The number of anilines is 1. The van der Waals surface area contributed by atoms with Crippen LogP contribution in [0.2, 0.25) is 0 Å². The summed E-state index contributed by atoms with van der Waals surface area (Å²) in [5.41, 5.74) is 6.57. The van der Waals surface area contributed by atoms with E-state index in [1.807, 2.05) is 67.9 Å². The SMILES string of the molecule is CC1=CC(C(=O)Nc2ccc(-c3c(C#N)c4ccc(OC(C)C)cc4n3C)cc2)NO1. The fraction of sp³-hybridized carbons (Fsp3) is 0.250. The Kier molecular flexibility index (Phi) is 5.40. The number of aromatic nitrogens is 1. The van der Waals surface area contributed by atoms with Crippen molar-refractivity contribution in [1.82, 2.24) is 10.0 Å². The van der Waals surface area contributed by atoms with E-state index in [0.29, 0.717) is 17.0 Å². The van der Waals surface area contributed by atoms with E-state index < -0.39 is 6.04 Å². The first-order chi connectivity index (χ1) is 14.9. The molecule has 4 rings (SSSR count). The van der Waals surface area contributed by atoms with Gasteiger partial charge in [0.15, 0.2) is 0 Å². The maximum atomic E-state index is 12.3. The molecular weight excluding hydrogens is 392 g/mol. The van der Waals surface area contributed by atoms with Crippen LogP contribution >= 0.6 is 0 Å². The maximum Gasteiger partial charge on any atom is 0.248 e. The second-order valence-corrected chi connectivity index (χ2v) is 7.78. The Morgan fingerprint density at radius 2 is 2.00 bits per heavy atom. The molecule has 0 radical (unpaired) electrons. The summed E-state index contributed by atoms with van der Waals surface area (Å²) in [6, 6.07) is 15.0. The summed E-state index contributed by atoms with van der Waals surface area (Å²) >= 11 is 0. The van der Waals surface area contributed by atoms with Gasteiger partial charge in [0.05, 0.1) is 22.9 Å². The van der Waals surface area contributed by atoms with Crippen molar-refractivity contribution < 1.29 is 14.4 Å². The first-order valence-electron chi connectivity index (χ1n) is 10.1. The van der Waals surface area contributed by atoms with Crippen LogP contribution in [0.3, 0.4) is 0 Å². The molecule has 0 saturated carbocycles. The molecule has 0 bridgehead atoms. The highest BCUT2D eigenvalue weighted by molar-refractivity contribution is 5.97. The van der Waals surface area contributed by atoms with Crippen LogP contribution in [-0.2, 0) is 16.7 Å². The van der Waals surface area contributed by atoms with E-state index in [1.165, 1.54) is 0 Å². The van der Waals surface area contributed by atoms with E-state index in [2.05, 4.69) is 16.9 Å². The van der Waals surface area contributed by atoms with Gasteiger partial charge in [0.2, 0.25) is 5.91 Å². The molecule has 1 amide bonds. The molecule has 31 heavy (non-hydrogen) atoms. The largest absolute Gasteiger partial charge is 0.491 e. The normalized spacial score (nSPS) is 15.5. The van der Waals surface area contributed by atoms with Gasteiger partial charge in [0.25, 0.3) is 0 Å². The van der Waals surface area contributed by atoms with Gasteiger partial charge in [-0.05, 0) is 56.7 Å². The fourth-order valence-electron chi connectivity index (χ4n) is 3.73. The molecule has 0 spiro atoms. The van der Waals surface area contributed by atoms with Crippen LogP contribution in [0.5, 0.6) is 5.75 Å². The van der Waals surface area contributed by atoms with Crippen molar-refractivity contribution in [1.29, 1.82) is 5.26 Å². The van der Waals surface area contributed by atoms with Crippen molar-refractivity contribution in [3.8, 4) is 23.1 Å². The summed E-state index contributed by atoms with van der Waals surface area (Å²) in [7, 11) is 1.94. The summed E-state index contributed by atoms with van der Waals surface area (Å²) in [4.78, 5) is 17.4. The van der Waals surface area contributed by atoms with Crippen LogP contribution in [0.1, 0.15) is 26.3 Å². The number of carbonyl (C=O) groups is 1. The second-order valence-electron chi connectivity index (χ2n) is 7.78. The smallest absolute Gasteiger partial charge is 0.248 e. The van der Waals surface area contributed by atoms with Gasteiger partial charge in [-0.2, -0.15) is 5.26 Å². The van der Waals surface area contributed by atoms with E-state index in [9.17, 15) is 10.1 Å². The number of benzene rings is 2. The van der Waals surface area contributed by atoms with Gasteiger partial charge in [-0.15, -0.1) is 5.48 Å².